The topological polar surface area (TPSA) is 71.1 Å². The third-order valence-corrected chi connectivity index (χ3v) is 6.77. The van der Waals surface area contributed by atoms with Gasteiger partial charge in [0.2, 0.25) is 10.0 Å². The van der Waals surface area contributed by atoms with Crippen LogP contribution in [0, 0.1) is 5.82 Å². The minimum atomic E-state index is -3.68. The largest absolute Gasteiger partial charge is 0.486 e. The Morgan fingerprint density at radius 2 is 1.77 bits per heavy atom. The molecule has 30 heavy (non-hydrogen) atoms. The first-order valence-corrected chi connectivity index (χ1v) is 11.6. The number of nitrogens with one attached hydrogen (secondary N) is 1. The van der Waals surface area contributed by atoms with Crippen molar-refractivity contribution in [2.45, 2.75) is 11.3 Å². The lowest BCUT2D eigenvalue weighted by Gasteiger charge is -2.37. The van der Waals surface area contributed by atoms with Crippen LogP contribution in [-0.2, 0) is 10.0 Å². The van der Waals surface area contributed by atoms with Crippen LogP contribution in [0.2, 0.25) is 0 Å². The molecule has 0 bridgehead atoms. The van der Waals surface area contributed by atoms with Crippen molar-refractivity contribution in [1.82, 2.24) is 9.62 Å². The Kier molecular flexibility index (Phi) is 6.40. The van der Waals surface area contributed by atoms with Crippen LogP contribution < -0.4 is 19.1 Å². The van der Waals surface area contributed by atoms with Crippen LogP contribution in [0.1, 0.15) is 6.42 Å². The number of piperazine rings is 1. The molecule has 0 unspecified atom stereocenters. The Bertz CT molecular complexity index is 978. The van der Waals surface area contributed by atoms with Gasteiger partial charge in [-0.15, -0.1) is 0 Å². The van der Waals surface area contributed by atoms with E-state index in [1.165, 1.54) is 18.2 Å². The Hall–Kier alpha value is -2.36. The first-order chi connectivity index (χ1) is 14.5. The van der Waals surface area contributed by atoms with E-state index >= 15 is 0 Å². The van der Waals surface area contributed by atoms with Gasteiger partial charge in [-0.3, -0.25) is 4.90 Å². The molecule has 0 radical (unpaired) electrons. The second-order valence-corrected chi connectivity index (χ2v) is 9.11. The van der Waals surface area contributed by atoms with Gasteiger partial charge >= 0.3 is 0 Å². The van der Waals surface area contributed by atoms with Gasteiger partial charge in [-0.1, -0.05) is 12.1 Å². The van der Waals surface area contributed by atoms with Crippen molar-refractivity contribution in [2.75, 3.05) is 57.4 Å². The monoisotopic (exact) mass is 435 g/mol. The van der Waals surface area contributed by atoms with Gasteiger partial charge < -0.3 is 14.4 Å². The third kappa shape index (κ3) is 4.85. The summed E-state index contributed by atoms with van der Waals surface area (Å²) in [6, 6.07) is 11.0. The van der Waals surface area contributed by atoms with Crippen molar-refractivity contribution in [3.05, 3.63) is 48.3 Å². The number of anilines is 1. The Labute approximate surface area is 176 Å². The highest BCUT2D eigenvalue weighted by Gasteiger charge is 2.23. The predicted octanol–water partition coefficient (Wildman–Crippen LogP) is 2.09. The molecule has 2 aliphatic heterocycles. The number of fused-ring (bicyclic) bond motifs is 1. The van der Waals surface area contributed by atoms with Crippen LogP contribution in [0.4, 0.5) is 10.1 Å². The Balaban J connectivity index is 1.23. The van der Waals surface area contributed by atoms with Gasteiger partial charge in [-0.05, 0) is 43.3 Å². The van der Waals surface area contributed by atoms with Gasteiger partial charge in [-0.25, -0.2) is 17.5 Å². The molecule has 9 heteroatoms. The van der Waals surface area contributed by atoms with E-state index < -0.39 is 15.8 Å². The molecule has 2 aromatic rings. The summed E-state index contributed by atoms with van der Waals surface area (Å²) in [4.78, 5) is 4.57. The molecular formula is C21H26FN3O4S. The highest BCUT2D eigenvalue weighted by Crippen LogP contribution is 2.39. The van der Waals surface area contributed by atoms with Crippen molar-refractivity contribution in [2.24, 2.45) is 0 Å². The molecule has 7 nitrogen and oxygen atoms in total. The fourth-order valence-electron chi connectivity index (χ4n) is 3.75. The first kappa shape index (κ1) is 20.9. The fourth-order valence-corrected chi connectivity index (χ4v) is 4.85. The first-order valence-electron chi connectivity index (χ1n) is 10.1. The molecule has 1 saturated heterocycles. The van der Waals surface area contributed by atoms with Gasteiger partial charge in [0.1, 0.15) is 19.0 Å². The second kappa shape index (κ2) is 9.20. The highest BCUT2D eigenvalue weighted by molar-refractivity contribution is 7.89. The molecule has 4 rings (SSSR count). The minimum Gasteiger partial charge on any atom is -0.486 e. The average molecular weight is 436 g/mol. The second-order valence-electron chi connectivity index (χ2n) is 7.34. The molecule has 1 fully saturated rings. The van der Waals surface area contributed by atoms with E-state index in [1.807, 2.05) is 12.1 Å². The zero-order chi connectivity index (χ0) is 21.0. The van der Waals surface area contributed by atoms with E-state index in [1.54, 1.807) is 0 Å². The standard InChI is InChI=1S/C21H26FN3O4S/c22-17-4-1-5-18(16-17)30(26,27)23-8-3-9-24-10-12-25(13-11-24)19-6-2-7-20-21(19)29-15-14-28-20/h1-2,4-7,16,23H,3,8-15H2. The SMILES string of the molecule is O=S(=O)(NCCCN1CCN(c2cccc3c2OCCO3)CC1)c1cccc(F)c1. The summed E-state index contributed by atoms with van der Waals surface area (Å²) in [5.74, 6) is 1.06. The van der Waals surface area contributed by atoms with E-state index in [9.17, 15) is 12.8 Å². The number of hydrogen-bond acceptors (Lipinski definition) is 6. The van der Waals surface area contributed by atoms with Gasteiger partial charge in [-0.2, -0.15) is 0 Å². The van der Waals surface area contributed by atoms with E-state index in [4.69, 9.17) is 9.47 Å². The Morgan fingerprint density at radius 1 is 1.00 bits per heavy atom. The fraction of sp³-hybridized carbons (Fsp3) is 0.429. The van der Waals surface area contributed by atoms with E-state index in [0.717, 1.165) is 56.0 Å². The number of ether oxygens (including phenoxy) is 2. The summed E-state index contributed by atoms with van der Waals surface area (Å²) < 4.78 is 51.8. The summed E-state index contributed by atoms with van der Waals surface area (Å²) in [5.41, 5.74) is 1.06. The lowest BCUT2D eigenvalue weighted by Crippen LogP contribution is -2.47. The summed E-state index contributed by atoms with van der Waals surface area (Å²) in [6.07, 6.45) is 0.687. The summed E-state index contributed by atoms with van der Waals surface area (Å²) >= 11 is 0. The van der Waals surface area contributed by atoms with Crippen molar-refractivity contribution in [3.8, 4) is 11.5 Å². The molecule has 0 atom stereocenters. The maximum absolute atomic E-state index is 13.3. The number of halogens is 1. The highest BCUT2D eigenvalue weighted by atomic mass is 32.2. The third-order valence-electron chi connectivity index (χ3n) is 5.31. The number of nitrogens with zero attached hydrogens (tertiary/aromatic N) is 2. The summed E-state index contributed by atoms with van der Waals surface area (Å²) in [5, 5.41) is 0. The zero-order valence-corrected chi connectivity index (χ0v) is 17.5. The van der Waals surface area contributed by atoms with Gasteiger partial charge in [0.05, 0.1) is 10.6 Å². The van der Waals surface area contributed by atoms with Crippen LogP contribution in [0.15, 0.2) is 47.4 Å². The smallest absolute Gasteiger partial charge is 0.240 e. The number of rotatable bonds is 7. The maximum atomic E-state index is 13.3. The van der Waals surface area contributed by atoms with E-state index in [0.29, 0.717) is 26.2 Å². The van der Waals surface area contributed by atoms with Crippen molar-refractivity contribution in [3.63, 3.8) is 0 Å². The van der Waals surface area contributed by atoms with Crippen LogP contribution in [0.3, 0.4) is 0 Å². The average Bonchev–Trinajstić information content (AvgIpc) is 2.77. The quantitative estimate of drug-likeness (QED) is 0.672. The van der Waals surface area contributed by atoms with E-state index in [2.05, 4.69) is 20.6 Å². The molecule has 0 amide bonds. The van der Waals surface area contributed by atoms with Gasteiger partial charge in [0.25, 0.3) is 0 Å². The predicted molar refractivity (Wildman–Crippen MR) is 112 cm³/mol. The summed E-state index contributed by atoms with van der Waals surface area (Å²) in [7, 11) is -3.68. The molecule has 0 aromatic heterocycles. The lowest BCUT2D eigenvalue weighted by molar-refractivity contribution is 0.171. The molecule has 2 aliphatic rings. The molecule has 2 aromatic carbocycles. The molecule has 0 spiro atoms. The van der Waals surface area contributed by atoms with Crippen molar-refractivity contribution < 1.29 is 22.3 Å². The molecule has 0 saturated carbocycles. The zero-order valence-electron chi connectivity index (χ0n) is 16.7. The molecule has 162 valence electrons. The van der Waals surface area contributed by atoms with Crippen LogP contribution in [0.5, 0.6) is 11.5 Å². The molecule has 1 N–H and O–H groups in total. The molecule has 0 aliphatic carbocycles. The normalized spacial score (nSPS) is 17.2. The van der Waals surface area contributed by atoms with Crippen molar-refractivity contribution in [1.29, 1.82) is 0 Å². The van der Waals surface area contributed by atoms with Crippen LogP contribution in [-0.4, -0.2) is 65.8 Å². The van der Waals surface area contributed by atoms with Crippen molar-refractivity contribution >= 4 is 15.7 Å². The molecule has 2 heterocycles. The van der Waals surface area contributed by atoms with Gasteiger partial charge in [0.15, 0.2) is 11.5 Å². The maximum Gasteiger partial charge on any atom is 0.240 e. The number of benzene rings is 2. The Morgan fingerprint density at radius 3 is 2.57 bits per heavy atom. The molecular weight excluding hydrogens is 409 g/mol. The summed E-state index contributed by atoms with van der Waals surface area (Å²) in [6.45, 7) is 5.77. The van der Waals surface area contributed by atoms with Crippen LogP contribution in [0.25, 0.3) is 0 Å². The minimum absolute atomic E-state index is 0.0477. The van der Waals surface area contributed by atoms with E-state index in [-0.39, 0.29) is 4.90 Å². The van der Waals surface area contributed by atoms with Crippen LogP contribution >= 0.6 is 0 Å². The lowest BCUT2D eigenvalue weighted by atomic mass is 10.2. The number of para-hydroxylation sites is 1. The van der Waals surface area contributed by atoms with Gasteiger partial charge in [0, 0.05) is 32.7 Å². The number of sulfonamides is 1. The number of hydrogen-bond donors (Lipinski definition) is 1.